The first-order chi connectivity index (χ1) is 13.2. The maximum atomic E-state index is 12.2. The Morgan fingerprint density at radius 3 is 2.64 bits per heavy atom. The number of halogens is 1. The number of nitrogens with zero attached hydrogens (tertiary/aromatic N) is 4. The number of fused-ring (bicyclic) bond motifs is 1. The molecule has 0 aliphatic carbocycles. The second kappa shape index (κ2) is 8.31. The number of nitrogens with one attached hydrogen (secondary N) is 3. The van der Waals surface area contributed by atoms with Gasteiger partial charge >= 0.3 is 6.03 Å². The van der Waals surface area contributed by atoms with E-state index in [0.29, 0.717) is 28.4 Å². The monoisotopic (exact) mass is 397 g/mol. The Morgan fingerprint density at radius 2 is 1.93 bits per heavy atom. The highest BCUT2D eigenvalue weighted by Crippen LogP contribution is 2.24. The number of aromatic nitrogens is 5. The first-order valence-corrected chi connectivity index (χ1v) is 8.06. The summed E-state index contributed by atoms with van der Waals surface area (Å²) in [5.74, 6) is 1.11. The average molecular weight is 398 g/mol. The highest BCUT2D eigenvalue weighted by atomic mass is 35.5. The number of pyridine rings is 1. The molecule has 0 saturated carbocycles. The molecule has 4 aromatic rings. The fraction of sp³-hybridized carbons (Fsp3) is 0.0556. The van der Waals surface area contributed by atoms with Gasteiger partial charge in [0.05, 0.1) is 30.9 Å². The lowest BCUT2D eigenvalue weighted by atomic mass is 10.1. The quantitative estimate of drug-likeness (QED) is 0.485. The van der Waals surface area contributed by atoms with Crippen LogP contribution in [0.2, 0.25) is 0 Å². The summed E-state index contributed by atoms with van der Waals surface area (Å²) in [6.45, 7) is 0. The normalized spacial score (nSPS) is 10.2. The van der Waals surface area contributed by atoms with Crippen LogP contribution in [0.1, 0.15) is 0 Å². The van der Waals surface area contributed by atoms with E-state index in [1.165, 1.54) is 0 Å². The molecule has 9 nitrogen and oxygen atoms in total. The minimum absolute atomic E-state index is 0. The Bertz CT molecular complexity index is 1080. The molecule has 0 aliphatic rings. The third-order valence-corrected chi connectivity index (χ3v) is 3.81. The van der Waals surface area contributed by atoms with Gasteiger partial charge in [-0.2, -0.15) is 5.10 Å². The lowest BCUT2D eigenvalue weighted by molar-refractivity contribution is 0.262. The molecule has 28 heavy (non-hydrogen) atoms. The van der Waals surface area contributed by atoms with Gasteiger partial charge in [0.25, 0.3) is 0 Å². The Labute approximate surface area is 166 Å². The van der Waals surface area contributed by atoms with Crippen molar-refractivity contribution < 1.29 is 9.53 Å². The highest BCUT2D eigenvalue weighted by molar-refractivity contribution is 6.03. The predicted molar refractivity (Wildman–Crippen MR) is 108 cm³/mol. The molecule has 0 atom stereocenters. The Kier molecular flexibility index (Phi) is 5.66. The lowest BCUT2D eigenvalue weighted by Crippen LogP contribution is -2.20. The van der Waals surface area contributed by atoms with Crippen molar-refractivity contribution in [2.24, 2.45) is 0 Å². The number of amides is 2. The Hall–Kier alpha value is -3.72. The number of H-pyrrole nitrogens is 1. The smallest absolute Gasteiger partial charge is 0.324 e. The van der Waals surface area contributed by atoms with E-state index in [1.54, 1.807) is 37.8 Å². The number of hydrogen-bond donors (Lipinski definition) is 3. The topological polar surface area (TPSA) is 118 Å². The number of hydrogen-bond acceptors (Lipinski definition) is 6. The van der Waals surface area contributed by atoms with Crippen LogP contribution in [-0.4, -0.2) is 38.3 Å². The van der Waals surface area contributed by atoms with Crippen molar-refractivity contribution in [2.45, 2.75) is 0 Å². The van der Waals surface area contributed by atoms with E-state index in [1.807, 2.05) is 24.3 Å². The van der Waals surface area contributed by atoms with Crippen molar-refractivity contribution in [2.75, 3.05) is 17.7 Å². The zero-order valence-electron chi connectivity index (χ0n) is 14.7. The van der Waals surface area contributed by atoms with Crippen molar-refractivity contribution in [3.63, 3.8) is 0 Å². The van der Waals surface area contributed by atoms with Crippen molar-refractivity contribution >= 4 is 41.1 Å². The van der Waals surface area contributed by atoms with Crippen molar-refractivity contribution in [1.82, 2.24) is 25.1 Å². The van der Waals surface area contributed by atoms with Crippen LogP contribution in [-0.2, 0) is 0 Å². The SMILES string of the molecule is COc1ccc(-c2cnc3n[nH]c(NC(=O)Nc4cccnc4)c3n2)cc1.Cl. The molecule has 0 aliphatic heterocycles. The molecular formula is C18H16ClN7O2. The number of carbonyl (C=O) groups is 1. The maximum absolute atomic E-state index is 12.2. The third kappa shape index (κ3) is 3.99. The van der Waals surface area contributed by atoms with Gasteiger partial charge in [-0.25, -0.2) is 14.8 Å². The molecule has 0 saturated heterocycles. The minimum atomic E-state index is -0.440. The summed E-state index contributed by atoms with van der Waals surface area (Å²) in [6.07, 6.45) is 4.80. The number of ether oxygens (including phenoxy) is 1. The minimum Gasteiger partial charge on any atom is -0.497 e. The molecule has 0 fully saturated rings. The second-order valence-corrected chi connectivity index (χ2v) is 5.58. The van der Waals surface area contributed by atoms with E-state index in [2.05, 4.69) is 35.8 Å². The number of carbonyl (C=O) groups excluding carboxylic acids is 1. The summed E-state index contributed by atoms with van der Waals surface area (Å²) in [4.78, 5) is 25.0. The summed E-state index contributed by atoms with van der Waals surface area (Å²) < 4.78 is 5.16. The van der Waals surface area contributed by atoms with Gasteiger partial charge in [0, 0.05) is 11.8 Å². The molecule has 0 radical (unpaired) electrons. The van der Waals surface area contributed by atoms with Gasteiger partial charge in [0.15, 0.2) is 11.3 Å². The molecule has 0 bridgehead atoms. The summed E-state index contributed by atoms with van der Waals surface area (Å²) in [5.41, 5.74) is 2.97. The van der Waals surface area contributed by atoms with E-state index < -0.39 is 6.03 Å². The molecule has 1 aromatic carbocycles. The molecule has 142 valence electrons. The van der Waals surface area contributed by atoms with Crippen LogP contribution in [0, 0.1) is 0 Å². The first-order valence-electron chi connectivity index (χ1n) is 8.06. The number of urea groups is 1. The molecule has 4 rings (SSSR count). The highest BCUT2D eigenvalue weighted by Gasteiger charge is 2.13. The molecule has 2 amide bonds. The van der Waals surface area contributed by atoms with Gasteiger partial charge in [-0.05, 0) is 36.4 Å². The second-order valence-electron chi connectivity index (χ2n) is 5.58. The van der Waals surface area contributed by atoms with Crippen molar-refractivity contribution in [3.8, 4) is 17.0 Å². The maximum Gasteiger partial charge on any atom is 0.324 e. The van der Waals surface area contributed by atoms with Crippen LogP contribution in [0.25, 0.3) is 22.4 Å². The molecule has 3 heterocycles. The number of rotatable bonds is 4. The van der Waals surface area contributed by atoms with Crippen LogP contribution in [0.5, 0.6) is 5.75 Å². The van der Waals surface area contributed by atoms with Gasteiger partial charge in [0.2, 0.25) is 5.65 Å². The largest absolute Gasteiger partial charge is 0.497 e. The molecule has 0 unspecified atom stereocenters. The molecule has 3 N–H and O–H groups in total. The lowest BCUT2D eigenvalue weighted by Gasteiger charge is -2.06. The zero-order valence-corrected chi connectivity index (χ0v) is 15.5. The van der Waals surface area contributed by atoms with Gasteiger partial charge in [0.1, 0.15) is 5.75 Å². The van der Waals surface area contributed by atoms with Crippen LogP contribution in [0.4, 0.5) is 16.3 Å². The Balaban J connectivity index is 0.00000225. The van der Waals surface area contributed by atoms with Crippen LogP contribution < -0.4 is 15.4 Å². The van der Waals surface area contributed by atoms with Crippen LogP contribution in [0.15, 0.2) is 55.0 Å². The van der Waals surface area contributed by atoms with Gasteiger partial charge in [-0.1, -0.05) is 0 Å². The molecular weight excluding hydrogens is 382 g/mol. The summed E-state index contributed by atoms with van der Waals surface area (Å²) in [7, 11) is 1.61. The predicted octanol–water partition coefficient (Wildman–Crippen LogP) is 3.49. The van der Waals surface area contributed by atoms with Crippen molar-refractivity contribution in [3.05, 3.63) is 55.0 Å². The molecule has 3 aromatic heterocycles. The van der Waals surface area contributed by atoms with Gasteiger partial charge in [-0.3, -0.25) is 15.4 Å². The first kappa shape index (κ1) is 19.1. The van der Waals surface area contributed by atoms with Crippen LogP contribution >= 0.6 is 12.4 Å². The van der Waals surface area contributed by atoms with Gasteiger partial charge < -0.3 is 10.1 Å². The summed E-state index contributed by atoms with van der Waals surface area (Å²) in [5, 5.41) is 12.2. The number of aromatic amines is 1. The number of methoxy groups -OCH3 is 1. The van der Waals surface area contributed by atoms with E-state index >= 15 is 0 Å². The van der Waals surface area contributed by atoms with Gasteiger partial charge in [-0.15, -0.1) is 12.4 Å². The van der Waals surface area contributed by atoms with E-state index in [9.17, 15) is 4.79 Å². The standard InChI is InChI=1S/C18H15N7O2.ClH/c1-27-13-6-4-11(5-7-13)14-10-20-16-15(22-14)17(25-24-16)23-18(26)21-12-3-2-8-19-9-12;/h2-10H,1H3,(H3,20,21,23,24,25,26);1H. The van der Waals surface area contributed by atoms with E-state index in [-0.39, 0.29) is 12.4 Å². The third-order valence-electron chi connectivity index (χ3n) is 3.81. The Morgan fingerprint density at radius 1 is 1.11 bits per heavy atom. The zero-order chi connectivity index (χ0) is 18.6. The van der Waals surface area contributed by atoms with E-state index in [4.69, 9.17) is 4.74 Å². The number of anilines is 2. The molecule has 0 spiro atoms. The van der Waals surface area contributed by atoms with Crippen molar-refractivity contribution in [1.29, 1.82) is 0 Å². The van der Waals surface area contributed by atoms with E-state index in [0.717, 1.165) is 11.3 Å². The number of benzene rings is 1. The summed E-state index contributed by atoms with van der Waals surface area (Å²) >= 11 is 0. The van der Waals surface area contributed by atoms with Crippen LogP contribution in [0.3, 0.4) is 0 Å². The fourth-order valence-corrected chi connectivity index (χ4v) is 2.49. The average Bonchev–Trinajstić information content (AvgIpc) is 3.10. The molecule has 10 heteroatoms. The summed E-state index contributed by atoms with van der Waals surface area (Å²) in [6, 6.07) is 10.5. The fourth-order valence-electron chi connectivity index (χ4n) is 2.49.